The molecule has 1 aliphatic rings. The number of nitrogens with zero attached hydrogens (tertiary/aromatic N) is 2. The lowest BCUT2D eigenvalue weighted by molar-refractivity contribution is 0.0920. The van der Waals surface area contributed by atoms with Crippen molar-refractivity contribution >= 4 is 16.8 Å². The number of nitrogens with one attached hydrogen (secondary N) is 1. The molecule has 4 nitrogen and oxygen atoms in total. The van der Waals surface area contributed by atoms with E-state index < -0.39 is 0 Å². The van der Waals surface area contributed by atoms with Crippen molar-refractivity contribution in [2.24, 2.45) is 0 Å². The molecule has 112 valence electrons. The first-order valence-electron chi connectivity index (χ1n) is 7.26. The fourth-order valence-corrected chi connectivity index (χ4v) is 3.13. The average molecular weight is 305 g/mol. The number of rotatable bonds is 1. The number of hydrogen-bond acceptors (Lipinski definition) is 3. The van der Waals surface area contributed by atoms with E-state index in [2.05, 4.69) is 11.4 Å². The van der Waals surface area contributed by atoms with Crippen molar-refractivity contribution in [1.82, 2.24) is 9.88 Å². The van der Waals surface area contributed by atoms with Crippen LogP contribution in [0, 0.1) is 17.1 Å². The van der Waals surface area contributed by atoms with Crippen LogP contribution in [-0.2, 0) is 6.54 Å². The van der Waals surface area contributed by atoms with Crippen molar-refractivity contribution in [3.63, 3.8) is 0 Å². The predicted molar refractivity (Wildman–Crippen MR) is 84.4 cm³/mol. The topological polar surface area (TPSA) is 57.8 Å². The van der Waals surface area contributed by atoms with Gasteiger partial charge in [-0.15, -0.1) is 0 Å². The van der Waals surface area contributed by atoms with Crippen LogP contribution >= 0.6 is 0 Å². The van der Waals surface area contributed by atoms with Gasteiger partial charge in [-0.25, -0.2) is 4.39 Å². The zero-order valence-corrected chi connectivity index (χ0v) is 12.1. The van der Waals surface area contributed by atoms with Crippen LogP contribution in [0.4, 0.5) is 4.39 Å². The third kappa shape index (κ3) is 2.04. The fourth-order valence-electron chi connectivity index (χ4n) is 3.13. The zero-order chi connectivity index (χ0) is 16.0. The van der Waals surface area contributed by atoms with Gasteiger partial charge in [0, 0.05) is 23.7 Å². The average Bonchev–Trinajstić information content (AvgIpc) is 2.93. The molecule has 0 radical (unpaired) electrons. The van der Waals surface area contributed by atoms with Crippen LogP contribution in [0.1, 0.15) is 15.9 Å². The van der Waals surface area contributed by atoms with Crippen LogP contribution in [0.5, 0.6) is 0 Å². The van der Waals surface area contributed by atoms with Crippen LogP contribution < -0.4 is 5.32 Å². The van der Waals surface area contributed by atoms with E-state index in [1.807, 2.05) is 6.07 Å². The first-order valence-corrected chi connectivity index (χ1v) is 7.26. The number of benzene rings is 2. The third-order valence-corrected chi connectivity index (χ3v) is 4.18. The van der Waals surface area contributed by atoms with Crippen LogP contribution in [0.15, 0.2) is 42.6 Å². The van der Waals surface area contributed by atoms with Crippen molar-refractivity contribution in [1.29, 1.82) is 5.26 Å². The Morgan fingerprint density at radius 3 is 2.70 bits per heavy atom. The molecule has 2 aromatic carbocycles. The van der Waals surface area contributed by atoms with E-state index in [1.54, 1.807) is 29.0 Å². The highest BCUT2D eigenvalue weighted by molar-refractivity contribution is 6.01. The molecule has 0 amide bonds. The molecule has 3 aromatic rings. The molecule has 0 spiro atoms. The summed E-state index contributed by atoms with van der Waals surface area (Å²) in [6, 6.07) is 12.0. The molecule has 1 aliphatic heterocycles. The highest BCUT2D eigenvalue weighted by Crippen LogP contribution is 2.34. The summed E-state index contributed by atoms with van der Waals surface area (Å²) in [4.78, 5) is 12.1. The second kappa shape index (κ2) is 5.04. The summed E-state index contributed by atoms with van der Waals surface area (Å²) in [6.07, 6.45) is 1.71. The molecule has 1 N–H and O–H groups in total. The van der Waals surface area contributed by atoms with Crippen molar-refractivity contribution in [2.75, 3.05) is 6.54 Å². The Morgan fingerprint density at radius 2 is 1.96 bits per heavy atom. The molecular formula is C18H12FN3O. The lowest BCUT2D eigenvalue weighted by Gasteiger charge is -2.11. The zero-order valence-electron chi connectivity index (χ0n) is 12.1. The Kier molecular flexibility index (Phi) is 3.00. The predicted octanol–water partition coefficient (Wildman–Crippen LogP) is 3.06. The molecule has 23 heavy (non-hydrogen) atoms. The Labute approximate surface area is 131 Å². The minimum atomic E-state index is -0.315. The molecule has 4 rings (SSSR count). The molecule has 0 fully saturated rings. The van der Waals surface area contributed by atoms with E-state index in [-0.39, 0.29) is 18.3 Å². The van der Waals surface area contributed by atoms with Crippen LogP contribution in [-0.4, -0.2) is 17.0 Å². The van der Waals surface area contributed by atoms with Gasteiger partial charge in [0.15, 0.2) is 0 Å². The van der Waals surface area contributed by atoms with Gasteiger partial charge < -0.3 is 5.32 Å². The molecular weight excluding hydrogens is 293 g/mol. The molecule has 0 saturated heterocycles. The van der Waals surface area contributed by atoms with Crippen LogP contribution in [0.25, 0.3) is 22.0 Å². The summed E-state index contributed by atoms with van der Waals surface area (Å²) in [5.41, 5.74) is 3.77. The van der Waals surface area contributed by atoms with E-state index in [9.17, 15) is 14.4 Å². The highest BCUT2D eigenvalue weighted by Gasteiger charge is 2.21. The summed E-state index contributed by atoms with van der Waals surface area (Å²) in [5, 5.41) is 13.5. The van der Waals surface area contributed by atoms with Crippen LogP contribution in [0.2, 0.25) is 0 Å². The molecule has 1 aromatic heterocycles. The molecule has 0 atom stereocenters. The maximum absolute atomic E-state index is 13.2. The molecule has 0 aliphatic carbocycles. The van der Waals surface area contributed by atoms with Crippen molar-refractivity contribution in [3.8, 4) is 17.2 Å². The lowest BCUT2D eigenvalue weighted by atomic mass is 9.94. The second-order valence-electron chi connectivity index (χ2n) is 5.52. The SMILES string of the molecule is N#Cc1c(-c2ccc(F)cc2)cc2c3c1ccn3C(=O)CNC2. The first-order chi connectivity index (χ1) is 11.2. The van der Waals surface area contributed by atoms with Gasteiger partial charge in [-0.3, -0.25) is 9.36 Å². The van der Waals surface area contributed by atoms with Gasteiger partial charge in [0.25, 0.3) is 0 Å². The van der Waals surface area contributed by atoms with Gasteiger partial charge in [0.05, 0.1) is 17.6 Å². The van der Waals surface area contributed by atoms with Crippen LogP contribution in [0.3, 0.4) is 0 Å². The van der Waals surface area contributed by atoms with E-state index in [1.165, 1.54) is 12.1 Å². The molecule has 0 saturated carbocycles. The van der Waals surface area contributed by atoms with Crippen molar-refractivity contribution in [3.05, 3.63) is 59.5 Å². The number of carbonyl (C=O) groups is 1. The van der Waals surface area contributed by atoms with E-state index in [4.69, 9.17) is 0 Å². The molecule has 5 heteroatoms. The number of aromatic nitrogens is 1. The van der Waals surface area contributed by atoms with Crippen molar-refractivity contribution < 1.29 is 9.18 Å². The number of nitriles is 1. The molecule has 0 bridgehead atoms. The normalized spacial score (nSPS) is 13.8. The van der Waals surface area contributed by atoms with Gasteiger partial charge in [-0.1, -0.05) is 12.1 Å². The van der Waals surface area contributed by atoms with E-state index >= 15 is 0 Å². The third-order valence-electron chi connectivity index (χ3n) is 4.18. The Hall–Kier alpha value is -2.97. The van der Waals surface area contributed by atoms with Gasteiger partial charge in [-0.2, -0.15) is 5.26 Å². The number of hydrogen-bond donors (Lipinski definition) is 1. The highest BCUT2D eigenvalue weighted by atomic mass is 19.1. The Morgan fingerprint density at radius 1 is 1.17 bits per heavy atom. The largest absolute Gasteiger partial charge is 0.304 e. The van der Waals surface area contributed by atoms with E-state index in [0.717, 1.165) is 27.6 Å². The second-order valence-corrected chi connectivity index (χ2v) is 5.52. The molecule has 2 heterocycles. The fraction of sp³-hybridized carbons (Fsp3) is 0.111. The first kappa shape index (κ1) is 13.7. The van der Waals surface area contributed by atoms with Crippen molar-refractivity contribution in [2.45, 2.75) is 6.54 Å². The summed E-state index contributed by atoms with van der Waals surface area (Å²) < 4.78 is 14.8. The smallest absolute Gasteiger partial charge is 0.245 e. The van der Waals surface area contributed by atoms with Gasteiger partial charge in [-0.05, 0) is 35.4 Å². The Bertz CT molecular complexity index is 980. The molecule has 0 unspecified atom stereocenters. The lowest BCUT2D eigenvalue weighted by Crippen LogP contribution is -2.23. The summed E-state index contributed by atoms with van der Waals surface area (Å²) >= 11 is 0. The summed E-state index contributed by atoms with van der Waals surface area (Å²) in [7, 11) is 0. The Balaban J connectivity index is 2.06. The van der Waals surface area contributed by atoms with Gasteiger partial charge >= 0.3 is 0 Å². The number of halogens is 1. The summed E-state index contributed by atoms with van der Waals surface area (Å²) in [5.74, 6) is -0.359. The minimum absolute atomic E-state index is 0.0443. The quantitative estimate of drug-likeness (QED) is 0.751. The standard InChI is InChI=1S/C18H12FN3O/c19-13-3-1-11(2-4-13)15-7-12-9-21-10-17(23)22-6-5-14(18(12)22)16(15)8-20/h1-7,21H,9-10H2. The maximum Gasteiger partial charge on any atom is 0.245 e. The summed E-state index contributed by atoms with van der Waals surface area (Å²) in [6.45, 7) is 0.804. The van der Waals surface area contributed by atoms with Gasteiger partial charge in [0.1, 0.15) is 11.9 Å². The monoisotopic (exact) mass is 305 g/mol. The maximum atomic E-state index is 13.2. The number of carbonyl (C=O) groups excluding carboxylic acids is 1. The van der Waals surface area contributed by atoms with Gasteiger partial charge in [0.2, 0.25) is 5.91 Å². The minimum Gasteiger partial charge on any atom is -0.304 e. The van der Waals surface area contributed by atoms with E-state index in [0.29, 0.717) is 12.1 Å².